The summed E-state index contributed by atoms with van der Waals surface area (Å²) in [5.41, 5.74) is 0. The third kappa shape index (κ3) is 18.2. The molecule has 0 bridgehead atoms. The van der Waals surface area contributed by atoms with Crippen molar-refractivity contribution in [2.24, 2.45) is 0 Å². The minimum Gasteiger partial charge on any atom is -0.344 e. The molecular formula is C21H34IN3V2-2. The van der Waals surface area contributed by atoms with Gasteiger partial charge in [-0.05, 0) is 39.7 Å². The van der Waals surface area contributed by atoms with Gasteiger partial charge in [-0.1, -0.05) is 25.7 Å². The van der Waals surface area contributed by atoms with E-state index < -0.39 is 0 Å². The van der Waals surface area contributed by atoms with E-state index in [-0.39, 0.29) is 49.2 Å². The van der Waals surface area contributed by atoms with E-state index in [1.54, 1.807) is 0 Å². The Kier molecular flexibility index (Phi) is 31.6. The zero-order valence-corrected chi connectivity index (χ0v) is 22.1. The van der Waals surface area contributed by atoms with E-state index in [4.69, 9.17) is 18.1 Å². The van der Waals surface area contributed by atoms with Gasteiger partial charge in [0.25, 0.3) is 0 Å². The van der Waals surface area contributed by atoms with Gasteiger partial charge >= 0.3 is 0 Å². The van der Waals surface area contributed by atoms with E-state index in [9.17, 15) is 0 Å². The maximum atomic E-state index is 8.59. The average molecular weight is 557 g/mol. The molecule has 0 aromatic carbocycles. The fourth-order valence-electron chi connectivity index (χ4n) is 2.35. The van der Waals surface area contributed by atoms with Gasteiger partial charge in [-0.2, -0.15) is 18.1 Å². The van der Waals surface area contributed by atoms with E-state index in [0.717, 1.165) is 25.7 Å². The molecule has 2 fully saturated rings. The van der Waals surface area contributed by atoms with Crippen LogP contribution in [0.4, 0.5) is 0 Å². The van der Waals surface area contributed by atoms with Crippen molar-refractivity contribution in [3.63, 3.8) is 0 Å². The quantitative estimate of drug-likeness (QED) is 0.292. The molecule has 3 nitrogen and oxygen atoms in total. The van der Waals surface area contributed by atoms with Crippen LogP contribution in [0.1, 0.15) is 59.3 Å². The predicted molar refractivity (Wildman–Crippen MR) is 118 cm³/mol. The van der Waals surface area contributed by atoms with Crippen molar-refractivity contribution in [2.75, 3.05) is 7.05 Å². The van der Waals surface area contributed by atoms with E-state index in [2.05, 4.69) is 71.0 Å². The van der Waals surface area contributed by atoms with E-state index >= 15 is 0 Å². The van der Waals surface area contributed by atoms with Crippen LogP contribution in [-0.4, -0.2) is 36.1 Å². The van der Waals surface area contributed by atoms with Gasteiger partial charge in [-0.3, -0.25) is 9.33 Å². The van der Waals surface area contributed by atoms with Crippen LogP contribution in [-0.2, 0) is 37.1 Å². The molecule has 1 N–H and O–H groups in total. The number of halogens is 1. The third-order valence-electron chi connectivity index (χ3n) is 3.77. The van der Waals surface area contributed by atoms with Gasteiger partial charge in [0.2, 0.25) is 0 Å². The molecule has 2 radical (unpaired) electrons. The van der Waals surface area contributed by atoms with E-state index in [1.165, 1.54) is 12.8 Å². The van der Waals surface area contributed by atoms with Crippen molar-refractivity contribution in [1.82, 2.24) is 10.2 Å². The molecule has 152 valence electrons. The Morgan fingerprint density at radius 2 is 1.63 bits per heavy atom. The molecule has 0 amide bonds. The first-order valence-corrected chi connectivity index (χ1v) is 10.2. The Morgan fingerprint density at radius 3 is 1.81 bits per heavy atom. The van der Waals surface area contributed by atoms with Crippen molar-refractivity contribution >= 4 is 22.6 Å². The monoisotopic (exact) mass is 557 g/mol. The maximum absolute atomic E-state index is 8.59. The van der Waals surface area contributed by atoms with Gasteiger partial charge in [-0.25, -0.2) is 0 Å². The Labute approximate surface area is 206 Å². The summed E-state index contributed by atoms with van der Waals surface area (Å²) in [6, 6.07) is 3.42. The van der Waals surface area contributed by atoms with E-state index in [0.29, 0.717) is 12.1 Å². The van der Waals surface area contributed by atoms with Crippen molar-refractivity contribution in [3.8, 4) is 30.8 Å². The van der Waals surface area contributed by atoms with Crippen LogP contribution in [0.5, 0.6) is 0 Å². The standard InChI is InChI=1S/C8H10N2.C7H11N.C3H6I.C3H7.2V/c1-3-7-4-5-8(6-9)10(7)2;1-3-7-5-4-6(2)8-7;1-2-3-4;1-3-2;;/h1,7-8H,4-5H2,2H3;1,6-8H,4-5H2,2H3;3H,2H2,1H3;1,3H2,2H3;;/q;;2*-1;;/t7-,8-;6-,7+;;;;/m01..../s1. The van der Waals surface area contributed by atoms with Crippen LogP contribution in [0.15, 0.2) is 0 Å². The molecule has 27 heavy (non-hydrogen) atoms. The number of rotatable bonds is 1. The molecule has 2 saturated heterocycles. The second-order valence-corrected chi connectivity index (χ2v) is 6.88. The number of nitrogens with zero attached hydrogens (tertiary/aromatic N) is 2. The summed E-state index contributed by atoms with van der Waals surface area (Å²) in [6.07, 6.45) is 16.9. The first-order chi connectivity index (χ1) is 11.9. The predicted octanol–water partition coefficient (Wildman–Crippen LogP) is 4.58. The molecular weight excluding hydrogens is 523 g/mol. The van der Waals surface area contributed by atoms with Gasteiger partial charge in [0.15, 0.2) is 0 Å². The Balaban J connectivity index is -0.000000141. The topological polar surface area (TPSA) is 39.1 Å². The molecule has 0 aromatic heterocycles. The van der Waals surface area contributed by atoms with Crippen molar-refractivity contribution in [1.29, 1.82) is 5.26 Å². The molecule has 2 aliphatic rings. The van der Waals surface area contributed by atoms with Crippen LogP contribution in [0, 0.1) is 47.4 Å². The van der Waals surface area contributed by atoms with Gasteiger partial charge in [0.1, 0.15) is 0 Å². The fraction of sp³-hybridized carbons (Fsp3) is 0.667. The molecule has 4 atom stereocenters. The summed E-state index contributed by atoms with van der Waals surface area (Å²) in [5.74, 6) is 5.34. The molecule has 0 unspecified atom stereocenters. The Morgan fingerprint density at radius 1 is 1.15 bits per heavy atom. The summed E-state index contributed by atoms with van der Waals surface area (Å²) < 4.78 is 2.09. The van der Waals surface area contributed by atoms with Gasteiger partial charge in [0, 0.05) is 43.2 Å². The summed E-state index contributed by atoms with van der Waals surface area (Å²) in [7, 11) is 1.91. The molecule has 2 heterocycles. The smallest absolute Gasteiger partial charge is 0.0986 e. The molecule has 0 aliphatic carbocycles. The number of likely N-dealkylation sites (tertiary alicyclic amines) is 1. The summed E-state index contributed by atoms with van der Waals surface area (Å²) in [5, 5.41) is 11.9. The zero-order chi connectivity index (χ0) is 19.7. The summed E-state index contributed by atoms with van der Waals surface area (Å²) in [6.45, 7) is 9.78. The number of hydrogen-bond acceptors (Lipinski definition) is 3. The molecule has 0 spiro atoms. The third-order valence-corrected chi connectivity index (χ3v) is 4.65. The number of terminal acetylenes is 2. The SMILES string of the molecule is C#C[C@H]1CC[C@@H](C#N)N1C.C#C[C@H]1CC[C@@H](C)N1.CC[CH-]I.[CH2-]CC.[V].[V]. The second kappa shape index (κ2) is 24.5. The largest absolute Gasteiger partial charge is 0.344 e. The molecule has 0 saturated carbocycles. The van der Waals surface area contributed by atoms with Gasteiger partial charge in [0.05, 0.1) is 24.2 Å². The fourth-order valence-corrected chi connectivity index (χ4v) is 2.35. The summed E-state index contributed by atoms with van der Waals surface area (Å²) in [4.78, 5) is 1.96. The number of nitriles is 1. The van der Waals surface area contributed by atoms with Crippen molar-refractivity contribution in [2.45, 2.75) is 83.5 Å². The van der Waals surface area contributed by atoms with Crippen LogP contribution >= 0.6 is 22.6 Å². The zero-order valence-electron chi connectivity index (χ0n) is 17.2. The minimum absolute atomic E-state index is 0. The first kappa shape index (κ1) is 34.9. The molecule has 6 heteroatoms. The maximum Gasteiger partial charge on any atom is 0.0986 e. The number of hydrogen-bond donors (Lipinski definition) is 1. The van der Waals surface area contributed by atoms with E-state index in [1.807, 2.05) is 18.9 Å². The molecule has 0 aromatic rings. The first-order valence-electron chi connectivity index (χ1n) is 8.96. The molecule has 2 rings (SSSR count). The minimum atomic E-state index is 0. The van der Waals surface area contributed by atoms with Gasteiger partial charge in [-0.15, -0.1) is 12.8 Å². The van der Waals surface area contributed by atoms with Crippen LogP contribution in [0.3, 0.4) is 0 Å². The van der Waals surface area contributed by atoms with Crippen LogP contribution in [0.2, 0.25) is 0 Å². The van der Waals surface area contributed by atoms with Crippen LogP contribution in [0.25, 0.3) is 0 Å². The normalized spacial score (nSPS) is 25.0. The Hall–Kier alpha value is 0.429. The van der Waals surface area contributed by atoms with Crippen molar-refractivity contribution < 1.29 is 37.1 Å². The molecule has 2 aliphatic heterocycles. The van der Waals surface area contributed by atoms with Crippen molar-refractivity contribution in [3.05, 3.63) is 11.4 Å². The second-order valence-electron chi connectivity index (χ2n) is 6.00. The Bertz CT molecular complexity index is 416. The number of nitrogens with one attached hydrogen (secondary N) is 1. The van der Waals surface area contributed by atoms with Crippen LogP contribution < -0.4 is 5.32 Å². The average Bonchev–Trinajstić information content (AvgIpc) is 3.21. The van der Waals surface area contributed by atoms with Gasteiger partial charge < -0.3 is 34.8 Å². The summed E-state index contributed by atoms with van der Waals surface area (Å²) >= 11 is 2.23.